The molecule has 0 atom stereocenters. The minimum atomic E-state index is -3.40. The molecule has 1 aliphatic heterocycles. The first-order valence-electron chi connectivity index (χ1n) is 6.31. The van der Waals surface area contributed by atoms with Crippen LogP contribution in [0.5, 0.6) is 0 Å². The summed E-state index contributed by atoms with van der Waals surface area (Å²) in [7, 11) is -1.70. The second-order valence-electron chi connectivity index (χ2n) is 5.19. The number of benzene rings is 1. The first-order valence-corrected chi connectivity index (χ1v) is 8.72. The Morgan fingerprint density at radius 2 is 1.74 bits per heavy atom. The van der Waals surface area contributed by atoms with Crippen molar-refractivity contribution in [3.05, 3.63) is 30.3 Å². The lowest BCUT2D eigenvalue weighted by Gasteiger charge is -2.42. The molecule has 0 aliphatic carbocycles. The van der Waals surface area contributed by atoms with Crippen molar-refractivity contribution in [3.63, 3.8) is 0 Å². The molecule has 2 rings (SSSR count). The summed E-state index contributed by atoms with van der Waals surface area (Å²) < 4.78 is 29.0. The molecule has 0 saturated carbocycles. The van der Waals surface area contributed by atoms with E-state index in [1.165, 1.54) is 0 Å². The van der Waals surface area contributed by atoms with E-state index in [2.05, 4.69) is 26.0 Å². The number of rotatable bonds is 3. The quantitative estimate of drug-likeness (QED) is 0.585. The van der Waals surface area contributed by atoms with Crippen molar-refractivity contribution in [1.82, 2.24) is 7.42 Å². The molecule has 0 unspecified atom stereocenters. The summed E-state index contributed by atoms with van der Waals surface area (Å²) in [6.45, 7) is 3.88. The van der Waals surface area contributed by atoms with Gasteiger partial charge in [-0.2, -0.15) is 4.31 Å². The van der Waals surface area contributed by atoms with Crippen molar-refractivity contribution in [2.45, 2.75) is 30.2 Å². The van der Waals surface area contributed by atoms with Gasteiger partial charge in [0.1, 0.15) is 0 Å². The van der Waals surface area contributed by atoms with E-state index in [1.54, 1.807) is 35.6 Å². The second kappa shape index (κ2) is 5.67. The molecule has 1 heterocycles. The van der Waals surface area contributed by atoms with Gasteiger partial charge in [-0.15, -0.1) is 0 Å². The maximum absolute atomic E-state index is 12.6. The molecular weight excluding hydrogens is 375 g/mol. The topological polar surface area (TPSA) is 40.6 Å². The average Bonchev–Trinajstić information content (AvgIpc) is 2.42. The van der Waals surface area contributed by atoms with E-state index in [0.29, 0.717) is 4.90 Å². The third kappa shape index (κ3) is 3.12. The molecule has 106 valence electrons. The molecule has 4 nitrogen and oxygen atoms in total. The van der Waals surface area contributed by atoms with Crippen molar-refractivity contribution in [2.75, 3.05) is 20.1 Å². The zero-order valence-corrected chi connectivity index (χ0v) is 14.2. The number of halogens is 1. The number of piperidine rings is 1. The first kappa shape index (κ1) is 15.2. The molecule has 1 fully saturated rings. The van der Waals surface area contributed by atoms with Crippen LogP contribution in [0, 0.1) is 0 Å². The summed E-state index contributed by atoms with van der Waals surface area (Å²) in [6.07, 6.45) is 1.72. The normalized spacial score (nSPS) is 20.6. The molecule has 1 aliphatic rings. The van der Waals surface area contributed by atoms with Crippen molar-refractivity contribution >= 4 is 32.9 Å². The third-order valence-corrected chi connectivity index (χ3v) is 6.94. The van der Waals surface area contributed by atoms with Gasteiger partial charge in [-0.3, -0.25) is 0 Å². The van der Waals surface area contributed by atoms with E-state index in [0.717, 1.165) is 25.9 Å². The van der Waals surface area contributed by atoms with Crippen LogP contribution in [0.3, 0.4) is 0 Å². The van der Waals surface area contributed by atoms with Crippen LogP contribution in [-0.4, -0.2) is 41.5 Å². The molecule has 1 aromatic rings. The van der Waals surface area contributed by atoms with Crippen LogP contribution in [-0.2, 0) is 10.0 Å². The van der Waals surface area contributed by atoms with E-state index >= 15 is 0 Å². The fourth-order valence-electron chi connectivity index (χ4n) is 2.32. The Hall–Kier alpha value is -0.180. The summed E-state index contributed by atoms with van der Waals surface area (Å²) in [5, 5.41) is 0. The number of sulfonamides is 1. The van der Waals surface area contributed by atoms with Crippen molar-refractivity contribution < 1.29 is 8.42 Å². The molecule has 0 aromatic heterocycles. The van der Waals surface area contributed by atoms with Crippen LogP contribution in [0.4, 0.5) is 0 Å². The molecule has 0 bridgehead atoms. The Kier molecular flexibility index (Phi) is 4.54. The van der Waals surface area contributed by atoms with Gasteiger partial charge in [0.15, 0.2) is 0 Å². The Bertz CT molecular complexity index is 525. The maximum atomic E-state index is 12.6. The van der Waals surface area contributed by atoms with Gasteiger partial charge in [-0.05, 0) is 31.9 Å². The SMILES string of the molecule is CN(C1(C)CCN(I)CC1)S(=O)(=O)c1ccccc1. The van der Waals surface area contributed by atoms with Gasteiger partial charge >= 0.3 is 0 Å². The lowest BCUT2D eigenvalue weighted by molar-refractivity contribution is 0.157. The smallest absolute Gasteiger partial charge is 0.243 e. The monoisotopic (exact) mass is 394 g/mol. The van der Waals surface area contributed by atoms with E-state index < -0.39 is 10.0 Å². The van der Waals surface area contributed by atoms with Gasteiger partial charge in [0.25, 0.3) is 0 Å². The Morgan fingerprint density at radius 3 is 2.26 bits per heavy atom. The van der Waals surface area contributed by atoms with Gasteiger partial charge in [-0.25, -0.2) is 11.5 Å². The highest BCUT2D eigenvalue weighted by atomic mass is 127. The predicted molar refractivity (Wildman–Crippen MR) is 84.6 cm³/mol. The minimum Gasteiger partial charge on any atom is -0.247 e. The van der Waals surface area contributed by atoms with Gasteiger partial charge in [0, 0.05) is 48.5 Å². The summed E-state index contributed by atoms with van der Waals surface area (Å²) >= 11 is 2.29. The maximum Gasteiger partial charge on any atom is 0.243 e. The van der Waals surface area contributed by atoms with Gasteiger partial charge in [0.2, 0.25) is 10.0 Å². The highest BCUT2D eigenvalue weighted by molar-refractivity contribution is 14.1. The summed E-state index contributed by atoms with van der Waals surface area (Å²) in [5.74, 6) is 0. The van der Waals surface area contributed by atoms with Crippen LogP contribution >= 0.6 is 22.9 Å². The second-order valence-corrected chi connectivity index (χ2v) is 8.53. The number of hydrogen-bond acceptors (Lipinski definition) is 3. The van der Waals surface area contributed by atoms with Gasteiger partial charge in [-0.1, -0.05) is 18.2 Å². The van der Waals surface area contributed by atoms with Gasteiger partial charge < -0.3 is 0 Å². The summed E-state index contributed by atoms with van der Waals surface area (Å²) in [4.78, 5) is 0.371. The van der Waals surface area contributed by atoms with Crippen LogP contribution < -0.4 is 0 Å². The predicted octanol–water partition coefficient (Wildman–Crippen LogP) is 2.51. The molecule has 0 radical (unpaired) electrons. The van der Waals surface area contributed by atoms with E-state index in [4.69, 9.17) is 0 Å². The van der Waals surface area contributed by atoms with E-state index in [9.17, 15) is 8.42 Å². The fraction of sp³-hybridized carbons (Fsp3) is 0.538. The Balaban J connectivity index is 2.26. The minimum absolute atomic E-state index is 0.295. The zero-order valence-electron chi connectivity index (χ0n) is 11.2. The van der Waals surface area contributed by atoms with Crippen LogP contribution in [0.25, 0.3) is 0 Å². The van der Waals surface area contributed by atoms with E-state index in [-0.39, 0.29) is 5.54 Å². The lowest BCUT2D eigenvalue weighted by Crippen LogP contribution is -2.52. The summed E-state index contributed by atoms with van der Waals surface area (Å²) in [6, 6.07) is 8.66. The summed E-state index contributed by atoms with van der Waals surface area (Å²) in [5.41, 5.74) is -0.295. The molecule has 1 aromatic carbocycles. The average molecular weight is 394 g/mol. The van der Waals surface area contributed by atoms with E-state index in [1.807, 2.05) is 13.0 Å². The third-order valence-electron chi connectivity index (χ3n) is 3.95. The molecule has 19 heavy (non-hydrogen) atoms. The number of hydrogen-bond donors (Lipinski definition) is 0. The zero-order chi connectivity index (χ0) is 14.1. The van der Waals surface area contributed by atoms with Crippen LogP contribution in [0.2, 0.25) is 0 Å². The highest BCUT2D eigenvalue weighted by Crippen LogP contribution is 2.32. The molecular formula is C13H19IN2O2S. The molecule has 1 saturated heterocycles. The molecule has 0 N–H and O–H groups in total. The largest absolute Gasteiger partial charge is 0.247 e. The van der Waals surface area contributed by atoms with Crippen LogP contribution in [0.15, 0.2) is 35.2 Å². The van der Waals surface area contributed by atoms with Crippen LogP contribution in [0.1, 0.15) is 19.8 Å². The molecule has 0 spiro atoms. The first-order chi connectivity index (χ1) is 8.86. The van der Waals surface area contributed by atoms with Crippen molar-refractivity contribution in [3.8, 4) is 0 Å². The van der Waals surface area contributed by atoms with Crippen molar-refractivity contribution in [2.24, 2.45) is 0 Å². The highest BCUT2D eigenvalue weighted by Gasteiger charge is 2.39. The van der Waals surface area contributed by atoms with Crippen molar-refractivity contribution in [1.29, 1.82) is 0 Å². The Labute approximate surface area is 129 Å². The van der Waals surface area contributed by atoms with Gasteiger partial charge in [0.05, 0.1) is 4.90 Å². The molecule has 6 heteroatoms. The Morgan fingerprint density at radius 1 is 1.21 bits per heavy atom. The lowest BCUT2D eigenvalue weighted by atomic mass is 9.91. The number of nitrogens with zero attached hydrogens (tertiary/aromatic N) is 2. The standard InChI is InChI=1S/C13H19IN2O2S/c1-13(8-10-16(14)11-9-13)15(2)19(17,18)12-6-4-3-5-7-12/h3-7H,8-11H2,1-2H3. The fourth-order valence-corrected chi connectivity index (χ4v) is 4.38. The molecule has 0 amide bonds.